The lowest BCUT2D eigenvalue weighted by atomic mass is 10.0. The molecule has 1 aliphatic rings. The van der Waals surface area contributed by atoms with Gasteiger partial charge in [0.05, 0.1) is 16.8 Å². The number of carbonyl (C=O) groups excluding carboxylic acids is 2. The molecule has 4 aromatic rings. The first-order chi connectivity index (χ1) is 16.2. The summed E-state index contributed by atoms with van der Waals surface area (Å²) < 4.78 is 5.31. The first kappa shape index (κ1) is 20.5. The molecule has 5 rings (SSSR count). The molecule has 2 aromatic heterocycles. The Hall–Kier alpha value is -4.37. The van der Waals surface area contributed by atoms with Gasteiger partial charge in [-0.2, -0.15) is 0 Å². The fourth-order valence-corrected chi connectivity index (χ4v) is 4.08. The maximum atomic E-state index is 12.8. The van der Waals surface area contributed by atoms with E-state index < -0.39 is 18.2 Å². The largest absolute Gasteiger partial charge is 0.416 e. The van der Waals surface area contributed by atoms with Gasteiger partial charge < -0.3 is 10.1 Å². The molecule has 3 heterocycles. The molecule has 2 aromatic carbocycles. The van der Waals surface area contributed by atoms with Crippen LogP contribution in [0.25, 0.3) is 10.6 Å². The number of aliphatic imine (C=N–C) groups is 1. The summed E-state index contributed by atoms with van der Waals surface area (Å²) in [5.41, 5.74) is 3.65. The third kappa shape index (κ3) is 4.48. The molecule has 9 heteroatoms. The van der Waals surface area contributed by atoms with E-state index in [4.69, 9.17) is 4.74 Å². The Kier molecular flexibility index (Phi) is 5.61. The zero-order valence-corrected chi connectivity index (χ0v) is 18.0. The Morgan fingerprint density at radius 2 is 1.73 bits per heavy atom. The number of hydrogen-bond acceptors (Lipinski definition) is 7. The second-order valence-corrected chi connectivity index (χ2v) is 7.90. The number of aromatic nitrogens is 2. The van der Waals surface area contributed by atoms with Crippen LogP contribution in [0.2, 0.25) is 0 Å². The van der Waals surface area contributed by atoms with Crippen molar-refractivity contribution in [3.05, 3.63) is 95.6 Å². The molecule has 2 amide bonds. The van der Waals surface area contributed by atoms with E-state index >= 15 is 0 Å². The van der Waals surface area contributed by atoms with E-state index in [9.17, 15) is 9.59 Å². The van der Waals surface area contributed by atoms with E-state index in [2.05, 4.69) is 25.6 Å². The minimum atomic E-state index is -1.18. The van der Waals surface area contributed by atoms with E-state index in [0.29, 0.717) is 16.4 Å². The van der Waals surface area contributed by atoms with Gasteiger partial charge in [-0.25, -0.2) is 14.8 Å². The molecule has 0 spiro atoms. The highest BCUT2D eigenvalue weighted by Gasteiger charge is 2.27. The number of para-hydroxylation sites is 1. The number of hydrogen-bond donors (Lipinski definition) is 2. The smallest absolute Gasteiger partial charge is 0.390 e. The molecule has 0 aliphatic carbocycles. The minimum Gasteiger partial charge on any atom is -0.390 e. The first-order valence-corrected chi connectivity index (χ1v) is 10.9. The monoisotopic (exact) mass is 455 g/mol. The quantitative estimate of drug-likeness (QED) is 0.482. The second kappa shape index (κ2) is 9.01. The van der Waals surface area contributed by atoms with Crippen LogP contribution < -0.4 is 15.4 Å². The van der Waals surface area contributed by atoms with Crippen LogP contribution in [-0.4, -0.2) is 33.8 Å². The predicted molar refractivity (Wildman–Crippen MR) is 125 cm³/mol. The van der Waals surface area contributed by atoms with Gasteiger partial charge in [0.15, 0.2) is 0 Å². The summed E-state index contributed by atoms with van der Waals surface area (Å²) in [6.07, 6.45) is 1.31. The van der Waals surface area contributed by atoms with Crippen molar-refractivity contribution in [3.8, 4) is 16.5 Å². The first-order valence-electron chi connectivity index (χ1n) is 10.0. The van der Waals surface area contributed by atoms with Crippen molar-refractivity contribution >= 4 is 34.7 Å². The van der Waals surface area contributed by atoms with Crippen LogP contribution in [0, 0.1) is 0 Å². The molecular formula is C24H17N5O3S. The fraction of sp³-hybridized carbons (Fsp3) is 0.0417. The normalized spacial score (nSPS) is 15.0. The SMILES string of the molecule is O=C(N[C@H]1N=C(c2ccccc2)c2ccccc2NC1=O)Oc1csc(-c2ccncc2)n1. The Morgan fingerprint density at radius 1 is 0.970 bits per heavy atom. The van der Waals surface area contributed by atoms with Crippen molar-refractivity contribution in [1.29, 1.82) is 0 Å². The standard InChI is InChI=1S/C24H17N5O3S/c30-22-21(29-24(31)32-19-14-33-23(27-19)16-10-12-25-13-11-16)28-20(15-6-2-1-3-7-15)17-8-4-5-9-18(17)26-22/h1-14,21H,(H,26,30)(H,29,31)/t21-/m1/s1. The number of nitrogens with zero attached hydrogens (tertiary/aromatic N) is 3. The van der Waals surface area contributed by atoms with E-state index in [1.54, 1.807) is 23.8 Å². The van der Waals surface area contributed by atoms with Crippen molar-refractivity contribution in [2.75, 3.05) is 5.32 Å². The molecule has 0 radical (unpaired) electrons. The highest BCUT2D eigenvalue weighted by molar-refractivity contribution is 7.13. The molecule has 33 heavy (non-hydrogen) atoms. The number of pyridine rings is 1. The number of thiazole rings is 1. The summed E-state index contributed by atoms with van der Waals surface area (Å²) in [5.74, 6) is -0.338. The summed E-state index contributed by atoms with van der Waals surface area (Å²) in [6.45, 7) is 0. The number of ether oxygens (including phenoxy) is 1. The van der Waals surface area contributed by atoms with Gasteiger partial charge in [0, 0.05) is 29.1 Å². The predicted octanol–water partition coefficient (Wildman–Crippen LogP) is 4.11. The van der Waals surface area contributed by atoms with Crippen molar-refractivity contribution in [3.63, 3.8) is 0 Å². The maximum absolute atomic E-state index is 12.8. The number of benzodiazepines with no additional fused rings is 1. The summed E-state index contributed by atoms with van der Waals surface area (Å²) in [6, 6.07) is 20.5. The van der Waals surface area contributed by atoms with Gasteiger partial charge in [-0.15, -0.1) is 11.3 Å². The van der Waals surface area contributed by atoms with Crippen LogP contribution in [0.15, 0.2) is 89.5 Å². The number of anilines is 1. The molecule has 0 saturated carbocycles. The molecule has 0 bridgehead atoms. The van der Waals surface area contributed by atoms with Gasteiger partial charge in [-0.05, 0) is 18.2 Å². The van der Waals surface area contributed by atoms with E-state index in [1.807, 2.05) is 60.7 Å². The molecule has 8 nitrogen and oxygen atoms in total. The zero-order chi connectivity index (χ0) is 22.6. The summed E-state index contributed by atoms with van der Waals surface area (Å²) in [7, 11) is 0. The van der Waals surface area contributed by atoms with E-state index in [1.165, 1.54) is 11.3 Å². The van der Waals surface area contributed by atoms with Crippen molar-refractivity contribution in [1.82, 2.24) is 15.3 Å². The lowest BCUT2D eigenvalue weighted by Crippen LogP contribution is -2.43. The highest BCUT2D eigenvalue weighted by Crippen LogP contribution is 2.27. The van der Waals surface area contributed by atoms with Gasteiger partial charge in [0.25, 0.3) is 5.91 Å². The average molecular weight is 455 g/mol. The number of nitrogens with one attached hydrogen (secondary N) is 2. The van der Waals surface area contributed by atoms with Crippen molar-refractivity contribution in [2.45, 2.75) is 6.17 Å². The minimum absolute atomic E-state index is 0.133. The zero-order valence-electron chi connectivity index (χ0n) is 17.1. The Labute approximate surface area is 193 Å². The number of fused-ring (bicyclic) bond motifs is 1. The second-order valence-electron chi connectivity index (χ2n) is 7.04. The van der Waals surface area contributed by atoms with Crippen LogP contribution in [-0.2, 0) is 4.79 Å². The molecule has 162 valence electrons. The molecule has 0 fully saturated rings. The molecular weight excluding hydrogens is 438 g/mol. The van der Waals surface area contributed by atoms with Gasteiger partial charge >= 0.3 is 6.09 Å². The Balaban J connectivity index is 1.38. The van der Waals surface area contributed by atoms with Crippen LogP contribution in [0.4, 0.5) is 10.5 Å². The van der Waals surface area contributed by atoms with Gasteiger partial charge in [0.1, 0.15) is 5.01 Å². The third-order valence-corrected chi connectivity index (χ3v) is 5.73. The lowest BCUT2D eigenvalue weighted by molar-refractivity contribution is -0.117. The topological polar surface area (TPSA) is 106 Å². The Bertz CT molecular complexity index is 1340. The van der Waals surface area contributed by atoms with Gasteiger partial charge in [0.2, 0.25) is 12.0 Å². The summed E-state index contributed by atoms with van der Waals surface area (Å²) in [4.78, 5) is 38.3. The fourth-order valence-electron chi connectivity index (χ4n) is 3.35. The molecule has 2 N–H and O–H groups in total. The molecule has 1 atom stereocenters. The maximum Gasteiger partial charge on any atom is 0.416 e. The van der Waals surface area contributed by atoms with E-state index in [0.717, 1.165) is 16.7 Å². The van der Waals surface area contributed by atoms with Crippen molar-refractivity contribution in [2.24, 2.45) is 4.99 Å². The van der Waals surface area contributed by atoms with E-state index in [-0.39, 0.29) is 5.88 Å². The molecule has 0 unspecified atom stereocenters. The van der Waals surface area contributed by atoms with Gasteiger partial charge in [-0.1, -0.05) is 48.5 Å². The van der Waals surface area contributed by atoms with Crippen LogP contribution in [0.3, 0.4) is 0 Å². The van der Waals surface area contributed by atoms with Crippen LogP contribution >= 0.6 is 11.3 Å². The number of benzene rings is 2. The number of carbonyl (C=O) groups is 2. The number of amides is 2. The number of rotatable bonds is 4. The third-order valence-electron chi connectivity index (χ3n) is 4.86. The summed E-state index contributed by atoms with van der Waals surface area (Å²) in [5, 5.41) is 7.67. The average Bonchev–Trinajstić information content (AvgIpc) is 3.26. The Morgan fingerprint density at radius 3 is 2.55 bits per heavy atom. The van der Waals surface area contributed by atoms with Crippen molar-refractivity contribution < 1.29 is 14.3 Å². The molecule has 1 aliphatic heterocycles. The highest BCUT2D eigenvalue weighted by atomic mass is 32.1. The summed E-state index contributed by atoms with van der Waals surface area (Å²) >= 11 is 1.33. The lowest BCUT2D eigenvalue weighted by Gasteiger charge is -2.12. The van der Waals surface area contributed by atoms with Crippen LogP contribution in [0.1, 0.15) is 11.1 Å². The van der Waals surface area contributed by atoms with Gasteiger partial charge in [-0.3, -0.25) is 15.1 Å². The van der Waals surface area contributed by atoms with Crippen LogP contribution in [0.5, 0.6) is 5.88 Å². The molecule has 0 saturated heterocycles.